The molecule has 0 heterocycles. The quantitative estimate of drug-likeness (QED) is 0.517. The summed E-state index contributed by atoms with van der Waals surface area (Å²) in [4.78, 5) is 38.6. The van der Waals surface area contributed by atoms with Crippen LogP contribution in [0.25, 0.3) is 0 Å². The van der Waals surface area contributed by atoms with Gasteiger partial charge in [-0.2, -0.15) is 0 Å². The molecule has 2 aromatic rings. The summed E-state index contributed by atoms with van der Waals surface area (Å²) in [5.74, 6) is -0.531. The van der Waals surface area contributed by atoms with E-state index in [1.165, 1.54) is 12.1 Å². The Morgan fingerprint density at radius 3 is 2.39 bits per heavy atom. The Balaban J connectivity index is 2.20. The number of benzene rings is 2. The molecule has 2 rings (SSSR count). The highest BCUT2D eigenvalue weighted by atomic mass is 79.9. The highest BCUT2D eigenvalue weighted by Gasteiger charge is 2.34. The van der Waals surface area contributed by atoms with E-state index in [1.807, 2.05) is 26.0 Å². The molecular formula is C23H27BrN2O5. The molecule has 31 heavy (non-hydrogen) atoms. The van der Waals surface area contributed by atoms with Gasteiger partial charge in [-0.25, -0.2) is 9.69 Å². The third kappa shape index (κ3) is 7.18. The van der Waals surface area contributed by atoms with Crippen LogP contribution in [0.1, 0.15) is 31.4 Å². The number of amides is 2. The van der Waals surface area contributed by atoms with E-state index in [0.717, 1.165) is 14.9 Å². The average molecular weight is 491 g/mol. The maximum absolute atomic E-state index is 13.1. The second kappa shape index (κ2) is 11.6. The number of halogens is 1. The van der Waals surface area contributed by atoms with E-state index < -0.39 is 24.1 Å². The van der Waals surface area contributed by atoms with Gasteiger partial charge in [0.2, 0.25) is 5.91 Å². The lowest BCUT2D eigenvalue weighted by Crippen LogP contribution is -2.53. The van der Waals surface area contributed by atoms with Crippen molar-refractivity contribution in [2.24, 2.45) is 11.7 Å². The molecule has 0 aromatic heterocycles. The summed E-state index contributed by atoms with van der Waals surface area (Å²) in [5.41, 5.74) is 7.54. The predicted octanol–water partition coefficient (Wildman–Crippen LogP) is 3.80. The van der Waals surface area contributed by atoms with Crippen LogP contribution in [0.4, 0.5) is 4.79 Å². The third-order valence-corrected chi connectivity index (χ3v) is 5.43. The minimum Gasteiger partial charge on any atom is -0.508 e. The molecule has 166 valence electrons. The lowest BCUT2D eigenvalue weighted by Gasteiger charge is -2.29. The molecule has 0 aliphatic heterocycles. The first-order valence-electron chi connectivity index (χ1n) is 9.95. The van der Waals surface area contributed by atoms with Crippen molar-refractivity contribution in [3.8, 4) is 5.75 Å². The van der Waals surface area contributed by atoms with Gasteiger partial charge in [0.1, 0.15) is 18.6 Å². The number of aldehydes is 1. The zero-order valence-corrected chi connectivity index (χ0v) is 19.1. The van der Waals surface area contributed by atoms with Gasteiger partial charge in [0.25, 0.3) is 0 Å². The number of ether oxygens (including phenoxy) is 1. The summed E-state index contributed by atoms with van der Waals surface area (Å²) >= 11 is 3.39. The molecule has 0 aliphatic rings. The van der Waals surface area contributed by atoms with Crippen LogP contribution < -0.4 is 5.73 Å². The molecular weight excluding hydrogens is 464 g/mol. The van der Waals surface area contributed by atoms with Gasteiger partial charge in [-0.1, -0.05) is 60.1 Å². The van der Waals surface area contributed by atoms with Gasteiger partial charge in [-0.05, 0) is 42.5 Å². The smallest absolute Gasteiger partial charge is 0.417 e. The highest BCUT2D eigenvalue weighted by Crippen LogP contribution is 2.19. The largest absolute Gasteiger partial charge is 0.508 e. The molecule has 0 saturated heterocycles. The fourth-order valence-electron chi connectivity index (χ4n) is 3.07. The molecule has 2 atom stereocenters. The van der Waals surface area contributed by atoms with Crippen LogP contribution >= 0.6 is 15.9 Å². The van der Waals surface area contributed by atoms with Crippen molar-refractivity contribution in [3.63, 3.8) is 0 Å². The number of hydrogen-bond donors (Lipinski definition) is 2. The number of nitrogens with zero attached hydrogens (tertiary/aromatic N) is 1. The minimum atomic E-state index is -1.06. The second-order valence-corrected chi connectivity index (χ2v) is 8.52. The Morgan fingerprint density at radius 2 is 1.81 bits per heavy atom. The fraction of sp³-hybridized carbons (Fsp3) is 0.348. The number of aromatic hydroxyl groups is 1. The molecule has 0 fully saturated rings. The number of rotatable bonds is 9. The predicted molar refractivity (Wildman–Crippen MR) is 120 cm³/mol. The minimum absolute atomic E-state index is 0.0647. The lowest BCUT2D eigenvalue weighted by molar-refractivity contribution is -0.136. The van der Waals surface area contributed by atoms with Crippen LogP contribution in [0.15, 0.2) is 53.0 Å². The summed E-state index contributed by atoms with van der Waals surface area (Å²) in [6.45, 7) is 3.72. The van der Waals surface area contributed by atoms with E-state index in [0.29, 0.717) is 18.3 Å². The zero-order valence-electron chi connectivity index (χ0n) is 17.5. The average Bonchev–Trinajstić information content (AvgIpc) is 2.73. The monoisotopic (exact) mass is 490 g/mol. The van der Waals surface area contributed by atoms with E-state index >= 15 is 0 Å². The molecule has 0 bridgehead atoms. The van der Waals surface area contributed by atoms with Crippen LogP contribution in [0.2, 0.25) is 0 Å². The summed E-state index contributed by atoms with van der Waals surface area (Å²) < 4.78 is 6.12. The van der Waals surface area contributed by atoms with E-state index in [-0.39, 0.29) is 24.7 Å². The summed E-state index contributed by atoms with van der Waals surface area (Å²) in [6.07, 6.45) is 0.0935. The standard InChI is InChI=1S/C23H27BrN2O5/c1-15(2)11-18(13-27)26(23(30)31-14-17-5-3-4-6-20(17)24)22(29)21(25)12-16-7-9-19(28)10-8-16/h3-10,13,15,18,21,28H,11-12,14,25H2,1-2H3/t18-,21+/m1/s1. The topological polar surface area (TPSA) is 110 Å². The van der Waals surface area contributed by atoms with Gasteiger partial charge >= 0.3 is 6.09 Å². The molecule has 8 heteroatoms. The maximum atomic E-state index is 13.1. The Kier molecular flexibility index (Phi) is 9.21. The molecule has 0 radical (unpaired) electrons. The van der Waals surface area contributed by atoms with Crippen molar-refractivity contribution in [2.75, 3.05) is 0 Å². The first-order valence-corrected chi connectivity index (χ1v) is 10.7. The van der Waals surface area contributed by atoms with Gasteiger partial charge < -0.3 is 20.4 Å². The number of imide groups is 1. The first kappa shape index (κ1) is 24.6. The number of phenols is 1. The van der Waals surface area contributed by atoms with Crippen LogP contribution in [-0.4, -0.2) is 40.4 Å². The number of nitrogens with two attached hydrogens (primary N) is 1. The number of hydrogen-bond acceptors (Lipinski definition) is 6. The Morgan fingerprint density at radius 1 is 1.16 bits per heavy atom. The molecule has 3 N–H and O–H groups in total. The fourth-order valence-corrected chi connectivity index (χ4v) is 3.47. The van der Waals surface area contributed by atoms with Crippen molar-refractivity contribution in [1.82, 2.24) is 4.90 Å². The van der Waals surface area contributed by atoms with Gasteiger partial charge in [-0.3, -0.25) is 4.79 Å². The van der Waals surface area contributed by atoms with E-state index in [1.54, 1.807) is 24.3 Å². The SMILES string of the molecule is CC(C)C[C@H](C=O)N(C(=O)OCc1ccccc1Br)C(=O)[C@@H](N)Cc1ccc(O)cc1. The third-order valence-electron chi connectivity index (χ3n) is 4.65. The normalized spacial score (nSPS) is 12.8. The highest BCUT2D eigenvalue weighted by molar-refractivity contribution is 9.10. The van der Waals surface area contributed by atoms with E-state index in [9.17, 15) is 19.5 Å². The number of phenolic OH excluding ortho intramolecular Hbond substituents is 1. The molecule has 0 spiro atoms. The summed E-state index contributed by atoms with van der Waals surface area (Å²) in [7, 11) is 0. The summed E-state index contributed by atoms with van der Waals surface area (Å²) in [6, 6.07) is 11.5. The Labute approximate surface area is 190 Å². The van der Waals surface area contributed by atoms with Crippen molar-refractivity contribution in [2.45, 2.75) is 45.4 Å². The zero-order chi connectivity index (χ0) is 23.0. The lowest BCUT2D eigenvalue weighted by atomic mass is 10.0. The van der Waals surface area contributed by atoms with Gasteiger partial charge in [-0.15, -0.1) is 0 Å². The Bertz CT molecular complexity index is 901. The molecule has 0 aliphatic carbocycles. The van der Waals surface area contributed by atoms with Gasteiger partial charge in [0, 0.05) is 10.0 Å². The van der Waals surface area contributed by atoms with Crippen molar-refractivity contribution < 1.29 is 24.2 Å². The molecule has 2 aromatic carbocycles. The van der Waals surface area contributed by atoms with Crippen molar-refractivity contribution >= 4 is 34.2 Å². The van der Waals surface area contributed by atoms with Crippen molar-refractivity contribution in [3.05, 3.63) is 64.1 Å². The van der Waals surface area contributed by atoms with Crippen LogP contribution in [0, 0.1) is 5.92 Å². The van der Waals surface area contributed by atoms with E-state index in [4.69, 9.17) is 10.5 Å². The summed E-state index contributed by atoms with van der Waals surface area (Å²) in [5, 5.41) is 9.41. The number of carbonyl (C=O) groups excluding carboxylic acids is 3. The van der Waals surface area contributed by atoms with Gasteiger partial charge in [0.05, 0.1) is 12.1 Å². The maximum Gasteiger partial charge on any atom is 0.417 e. The first-order chi connectivity index (χ1) is 14.7. The van der Waals surface area contributed by atoms with Crippen LogP contribution in [0.5, 0.6) is 5.75 Å². The molecule has 0 unspecified atom stereocenters. The molecule has 0 saturated carbocycles. The van der Waals surface area contributed by atoms with E-state index in [2.05, 4.69) is 15.9 Å². The van der Waals surface area contributed by atoms with Crippen LogP contribution in [-0.2, 0) is 27.4 Å². The molecule has 7 nitrogen and oxygen atoms in total. The Hall–Kier alpha value is -2.71. The van der Waals surface area contributed by atoms with Gasteiger partial charge in [0.15, 0.2) is 0 Å². The molecule has 2 amide bonds. The number of carbonyl (C=O) groups is 3. The second-order valence-electron chi connectivity index (χ2n) is 7.66. The van der Waals surface area contributed by atoms with Crippen molar-refractivity contribution in [1.29, 1.82) is 0 Å². The van der Waals surface area contributed by atoms with Crippen LogP contribution in [0.3, 0.4) is 0 Å².